The highest BCUT2D eigenvalue weighted by atomic mass is 32.1. The lowest BCUT2D eigenvalue weighted by Gasteiger charge is -2.14. The van der Waals surface area contributed by atoms with Crippen molar-refractivity contribution in [2.24, 2.45) is 0 Å². The van der Waals surface area contributed by atoms with E-state index in [9.17, 15) is 5.11 Å². The van der Waals surface area contributed by atoms with Gasteiger partial charge in [0.05, 0.1) is 21.3 Å². The van der Waals surface area contributed by atoms with Crippen LogP contribution in [0.5, 0.6) is 0 Å². The molecular formula is C18H17NOS. The minimum Gasteiger partial charge on any atom is -0.388 e. The Balaban J connectivity index is 1.61. The van der Waals surface area contributed by atoms with Gasteiger partial charge in [-0.25, -0.2) is 4.98 Å². The van der Waals surface area contributed by atoms with Crippen molar-refractivity contribution in [2.45, 2.75) is 31.3 Å². The van der Waals surface area contributed by atoms with E-state index in [0.717, 1.165) is 16.1 Å². The van der Waals surface area contributed by atoms with Crippen molar-refractivity contribution in [3.05, 3.63) is 64.7 Å². The first kappa shape index (κ1) is 13.0. The molecule has 1 saturated carbocycles. The zero-order valence-corrected chi connectivity index (χ0v) is 12.5. The number of fused-ring (bicyclic) bond motifs is 1. The molecule has 3 aromatic rings. The predicted octanol–water partition coefficient (Wildman–Crippen LogP) is 4.45. The lowest BCUT2D eigenvalue weighted by atomic mass is 9.97. The van der Waals surface area contributed by atoms with Crippen molar-refractivity contribution in [2.75, 3.05) is 0 Å². The summed E-state index contributed by atoms with van der Waals surface area (Å²) in [6.45, 7) is 0. The minimum absolute atomic E-state index is 0.456. The predicted molar refractivity (Wildman–Crippen MR) is 86.7 cm³/mol. The summed E-state index contributed by atoms with van der Waals surface area (Å²) in [4.78, 5) is 4.63. The van der Waals surface area contributed by atoms with Gasteiger partial charge in [-0.1, -0.05) is 36.4 Å². The van der Waals surface area contributed by atoms with E-state index in [4.69, 9.17) is 0 Å². The number of aromatic nitrogens is 1. The minimum atomic E-state index is -0.456. The third kappa shape index (κ3) is 2.59. The van der Waals surface area contributed by atoms with Crippen LogP contribution in [-0.4, -0.2) is 10.1 Å². The Hall–Kier alpha value is -1.71. The van der Waals surface area contributed by atoms with Crippen LogP contribution in [0.15, 0.2) is 48.5 Å². The Morgan fingerprint density at radius 1 is 1.10 bits per heavy atom. The fourth-order valence-electron chi connectivity index (χ4n) is 2.86. The third-order valence-corrected chi connectivity index (χ3v) is 5.14. The maximum Gasteiger partial charge on any atom is 0.0967 e. The normalized spacial score (nSPS) is 16.2. The standard InChI is InChI=1S/C18H17NOS/c20-16(14-6-2-1-5-13(14)12-9-10-12)11-18-19-15-7-3-4-8-17(15)21-18/h1-8,12,16,20H,9-11H2. The van der Waals surface area contributed by atoms with Crippen molar-refractivity contribution < 1.29 is 5.11 Å². The average Bonchev–Trinajstić information content (AvgIpc) is 3.27. The molecule has 0 bridgehead atoms. The van der Waals surface area contributed by atoms with Crippen LogP contribution in [0, 0.1) is 0 Å². The zero-order chi connectivity index (χ0) is 14.2. The molecule has 1 N–H and O–H groups in total. The molecule has 2 nitrogen and oxygen atoms in total. The average molecular weight is 295 g/mol. The Morgan fingerprint density at radius 3 is 2.67 bits per heavy atom. The van der Waals surface area contributed by atoms with Crippen LogP contribution in [0.25, 0.3) is 10.2 Å². The van der Waals surface area contributed by atoms with Crippen molar-refractivity contribution >= 4 is 21.6 Å². The molecule has 106 valence electrons. The monoisotopic (exact) mass is 295 g/mol. The molecule has 1 aromatic heterocycles. The summed E-state index contributed by atoms with van der Waals surface area (Å²) in [5, 5.41) is 11.6. The number of aliphatic hydroxyl groups is 1. The van der Waals surface area contributed by atoms with Gasteiger partial charge in [-0.15, -0.1) is 11.3 Å². The zero-order valence-electron chi connectivity index (χ0n) is 11.7. The summed E-state index contributed by atoms with van der Waals surface area (Å²) in [5.41, 5.74) is 3.44. The van der Waals surface area contributed by atoms with Gasteiger partial charge >= 0.3 is 0 Å². The first-order chi connectivity index (χ1) is 10.3. The van der Waals surface area contributed by atoms with Gasteiger partial charge < -0.3 is 5.11 Å². The van der Waals surface area contributed by atoms with E-state index in [2.05, 4.69) is 29.2 Å². The summed E-state index contributed by atoms with van der Waals surface area (Å²) < 4.78 is 1.19. The number of para-hydroxylation sites is 1. The van der Waals surface area contributed by atoms with Gasteiger partial charge in [0, 0.05) is 6.42 Å². The number of benzene rings is 2. The Morgan fingerprint density at radius 2 is 1.86 bits per heavy atom. The first-order valence-electron chi connectivity index (χ1n) is 7.42. The quantitative estimate of drug-likeness (QED) is 0.771. The van der Waals surface area contributed by atoms with Gasteiger partial charge in [0.15, 0.2) is 0 Å². The van der Waals surface area contributed by atoms with E-state index in [1.165, 1.54) is 23.1 Å². The van der Waals surface area contributed by atoms with Crippen LogP contribution in [-0.2, 0) is 6.42 Å². The second-order valence-electron chi connectivity index (χ2n) is 5.70. The molecule has 0 spiro atoms. The maximum atomic E-state index is 10.6. The molecule has 1 heterocycles. The summed E-state index contributed by atoms with van der Waals surface area (Å²) in [7, 11) is 0. The molecule has 2 aromatic carbocycles. The summed E-state index contributed by atoms with van der Waals surface area (Å²) in [6.07, 6.45) is 2.65. The summed E-state index contributed by atoms with van der Waals surface area (Å²) >= 11 is 1.68. The van der Waals surface area contributed by atoms with E-state index in [-0.39, 0.29) is 0 Å². The SMILES string of the molecule is OC(Cc1nc2ccccc2s1)c1ccccc1C1CC1. The van der Waals surface area contributed by atoms with Crippen molar-refractivity contribution in [3.63, 3.8) is 0 Å². The van der Waals surface area contributed by atoms with Crippen molar-refractivity contribution in [3.8, 4) is 0 Å². The van der Waals surface area contributed by atoms with Crippen LogP contribution in [0.4, 0.5) is 0 Å². The molecule has 1 aliphatic rings. The number of aliphatic hydroxyl groups excluding tert-OH is 1. The Bertz CT molecular complexity index is 742. The second kappa shape index (κ2) is 5.24. The van der Waals surface area contributed by atoms with Gasteiger partial charge in [-0.05, 0) is 42.0 Å². The van der Waals surface area contributed by atoms with Crippen LogP contribution < -0.4 is 0 Å². The molecule has 0 aliphatic heterocycles. The fourth-order valence-corrected chi connectivity index (χ4v) is 3.87. The molecule has 21 heavy (non-hydrogen) atoms. The number of hydrogen-bond acceptors (Lipinski definition) is 3. The number of thiazole rings is 1. The van der Waals surface area contributed by atoms with Crippen molar-refractivity contribution in [1.29, 1.82) is 0 Å². The Labute approximate surface area is 128 Å². The molecular weight excluding hydrogens is 278 g/mol. The molecule has 4 rings (SSSR count). The van der Waals surface area contributed by atoms with Crippen LogP contribution in [0.2, 0.25) is 0 Å². The van der Waals surface area contributed by atoms with Gasteiger partial charge in [0.2, 0.25) is 0 Å². The molecule has 1 atom stereocenters. The summed E-state index contributed by atoms with van der Waals surface area (Å²) in [6, 6.07) is 16.5. The van der Waals surface area contributed by atoms with Crippen molar-refractivity contribution in [1.82, 2.24) is 4.98 Å². The molecule has 1 fully saturated rings. The lowest BCUT2D eigenvalue weighted by Crippen LogP contribution is -2.04. The lowest BCUT2D eigenvalue weighted by molar-refractivity contribution is 0.177. The highest BCUT2D eigenvalue weighted by molar-refractivity contribution is 7.18. The molecule has 1 unspecified atom stereocenters. The van der Waals surface area contributed by atoms with Gasteiger partial charge in [-0.3, -0.25) is 0 Å². The highest BCUT2D eigenvalue weighted by Crippen LogP contribution is 2.43. The second-order valence-corrected chi connectivity index (χ2v) is 6.81. The molecule has 1 aliphatic carbocycles. The van der Waals surface area contributed by atoms with Crippen LogP contribution >= 0.6 is 11.3 Å². The largest absolute Gasteiger partial charge is 0.388 e. The van der Waals surface area contributed by atoms with Crippen LogP contribution in [0.3, 0.4) is 0 Å². The smallest absolute Gasteiger partial charge is 0.0967 e. The van der Waals surface area contributed by atoms with Crippen LogP contribution in [0.1, 0.15) is 41.0 Å². The van der Waals surface area contributed by atoms with Gasteiger partial charge in [-0.2, -0.15) is 0 Å². The first-order valence-corrected chi connectivity index (χ1v) is 8.24. The number of hydrogen-bond donors (Lipinski definition) is 1. The highest BCUT2D eigenvalue weighted by Gasteiger charge is 2.27. The van der Waals surface area contributed by atoms with Gasteiger partial charge in [0.1, 0.15) is 0 Å². The maximum absolute atomic E-state index is 10.6. The molecule has 0 amide bonds. The van der Waals surface area contributed by atoms with E-state index in [0.29, 0.717) is 12.3 Å². The van der Waals surface area contributed by atoms with Gasteiger partial charge in [0.25, 0.3) is 0 Å². The number of rotatable bonds is 4. The molecule has 3 heteroatoms. The van der Waals surface area contributed by atoms with E-state index in [1.54, 1.807) is 11.3 Å². The van der Waals surface area contributed by atoms with E-state index in [1.807, 2.05) is 24.3 Å². The molecule has 0 saturated heterocycles. The molecule has 0 radical (unpaired) electrons. The van der Waals surface area contributed by atoms with E-state index < -0.39 is 6.10 Å². The Kier molecular flexibility index (Phi) is 3.24. The third-order valence-electron chi connectivity index (χ3n) is 4.08. The summed E-state index contributed by atoms with van der Waals surface area (Å²) in [5.74, 6) is 0.659. The number of nitrogens with zero attached hydrogens (tertiary/aromatic N) is 1. The van der Waals surface area contributed by atoms with E-state index >= 15 is 0 Å². The fraction of sp³-hybridized carbons (Fsp3) is 0.278. The topological polar surface area (TPSA) is 33.1 Å².